The van der Waals surface area contributed by atoms with E-state index in [0.29, 0.717) is 18.1 Å². The predicted molar refractivity (Wildman–Crippen MR) is 118 cm³/mol. The molecule has 0 bridgehead atoms. The minimum absolute atomic E-state index is 0.0325. The minimum atomic E-state index is 0.0325. The van der Waals surface area contributed by atoms with Crippen LogP contribution in [0.5, 0.6) is 0 Å². The SMILES string of the molecule is CC(=O)N1CCC(C(=O)N2CCCC(c3cccc(-c4cccc(Cl)c4)n3)C2)CC1. The molecule has 2 fully saturated rings. The van der Waals surface area contributed by atoms with E-state index in [1.807, 2.05) is 46.2 Å². The van der Waals surface area contributed by atoms with E-state index in [9.17, 15) is 9.59 Å². The lowest BCUT2D eigenvalue weighted by Gasteiger charge is -2.37. The third-order valence-corrected chi connectivity index (χ3v) is 6.57. The van der Waals surface area contributed by atoms with Crippen LogP contribution in [0.15, 0.2) is 42.5 Å². The number of aromatic nitrogens is 1. The number of likely N-dealkylation sites (tertiary alicyclic amines) is 2. The first-order valence-electron chi connectivity index (χ1n) is 10.8. The molecule has 1 atom stereocenters. The molecule has 0 aliphatic carbocycles. The van der Waals surface area contributed by atoms with Gasteiger partial charge in [0.25, 0.3) is 0 Å². The molecule has 0 spiro atoms. The van der Waals surface area contributed by atoms with Crippen LogP contribution in [0.1, 0.15) is 44.2 Å². The molecule has 6 heteroatoms. The number of carbonyl (C=O) groups excluding carboxylic acids is 2. The van der Waals surface area contributed by atoms with Crippen molar-refractivity contribution in [3.05, 3.63) is 53.2 Å². The number of piperidine rings is 2. The smallest absolute Gasteiger partial charge is 0.225 e. The quantitative estimate of drug-likeness (QED) is 0.733. The van der Waals surface area contributed by atoms with Crippen molar-refractivity contribution in [2.45, 2.75) is 38.5 Å². The highest BCUT2D eigenvalue weighted by Crippen LogP contribution is 2.30. The largest absolute Gasteiger partial charge is 0.343 e. The summed E-state index contributed by atoms with van der Waals surface area (Å²) < 4.78 is 0. The third kappa shape index (κ3) is 4.67. The van der Waals surface area contributed by atoms with Crippen molar-refractivity contribution in [1.29, 1.82) is 0 Å². The Kier molecular flexibility index (Phi) is 6.38. The van der Waals surface area contributed by atoms with Crippen molar-refractivity contribution in [3.8, 4) is 11.3 Å². The molecule has 2 amide bonds. The molecule has 1 aromatic carbocycles. The summed E-state index contributed by atoms with van der Waals surface area (Å²) in [7, 11) is 0. The Morgan fingerprint density at radius 2 is 1.77 bits per heavy atom. The Morgan fingerprint density at radius 3 is 2.50 bits per heavy atom. The summed E-state index contributed by atoms with van der Waals surface area (Å²) in [5, 5.41) is 0.699. The summed E-state index contributed by atoms with van der Waals surface area (Å²) in [5.74, 6) is 0.628. The molecule has 1 unspecified atom stereocenters. The van der Waals surface area contributed by atoms with Gasteiger partial charge in [0.1, 0.15) is 0 Å². The van der Waals surface area contributed by atoms with Crippen LogP contribution in [0.2, 0.25) is 5.02 Å². The zero-order valence-corrected chi connectivity index (χ0v) is 18.1. The first-order chi connectivity index (χ1) is 14.5. The van der Waals surface area contributed by atoms with Gasteiger partial charge in [-0.05, 0) is 49.9 Å². The summed E-state index contributed by atoms with van der Waals surface area (Å²) in [4.78, 5) is 33.4. The van der Waals surface area contributed by atoms with Crippen LogP contribution in [0, 0.1) is 5.92 Å². The van der Waals surface area contributed by atoms with Gasteiger partial charge in [0.15, 0.2) is 0 Å². The van der Waals surface area contributed by atoms with Crippen LogP contribution in [-0.4, -0.2) is 52.8 Å². The highest BCUT2D eigenvalue weighted by atomic mass is 35.5. The normalized spacial score (nSPS) is 20.3. The van der Waals surface area contributed by atoms with Crippen LogP contribution in [-0.2, 0) is 9.59 Å². The molecule has 2 aliphatic heterocycles. The van der Waals surface area contributed by atoms with Gasteiger partial charge < -0.3 is 9.80 Å². The molecule has 2 aromatic rings. The number of halogens is 1. The van der Waals surface area contributed by atoms with E-state index in [1.54, 1.807) is 6.92 Å². The summed E-state index contributed by atoms with van der Waals surface area (Å²) in [6.45, 7) is 4.51. The molecule has 0 N–H and O–H groups in total. The number of amides is 2. The van der Waals surface area contributed by atoms with E-state index in [4.69, 9.17) is 16.6 Å². The number of hydrogen-bond donors (Lipinski definition) is 0. The first kappa shape index (κ1) is 20.9. The van der Waals surface area contributed by atoms with Crippen LogP contribution < -0.4 is 0 Å². The van der Waals surface area contributed by atoms with Gasteiger partial charge in [0.2, 0.25) is 11.8 Å². The molecule has 1 aromatic heterocycles. The van der Waals surface area contributed by atoms with Gasteiger partial charge in [-0.2, -0.15) is 0 Å². The van der Waals surface area contributed by atoms with Crippen molar-refractivity contribution in [3.63, 3.8) is 0 Å². The Bertz CT molecular complexity index is 924. The Labute approximate surface area is 183 Å². The van der Waals surface area contributed by atoms with Crippen molar-refractivity contribution in [2.24, 2.45) is 5.92 Å². The fourth-order valence-corrected chi connectivity index (χ4v) is 4.80. The van der Waals surface area contributed by atoms with Crippen molar-refractivity contribution < 1.29 is 9.59 Å². The van der Waals surface area contributed by atoms with Crippen molar-refractivity contribution in [1.82, 2.24) is 14.8 Å². The average Bonchev–Trinajstić information content (AvgIpc) is 2.79. The maximum Gasteiger partial charge on any atom is 0.225 e. The van der Waals surface area contributed by atoms with E-state index in [1.165, 1.54) is 0 Å². The molecular weight excluding hydrogens is 398 g/mol. The summed E-state index contributed by atoms with van der Waals surface area (Å²) in [6.07, 6.45) is 3.56. The van der Waals surface area contributed by atoms with Crippen molar-refractivity contribution in [2.75, 3.05) is 26.2 Å². The van der Waals surface area contributed by atoms with Gasteiger partial charge in [0, 0.05) is 61.2 Å². The van der Waals surface area contributed by atoms with E-state index >= 15 is 0 Å². The third-order valence-electron chi connectivity index (χ3n) is 6.33. The number of hydrogen-bond acceptors (Lipinski definition) is 3. The van der Waals surface area contributed by atoms with E-state index in [-0.39, 0.29) is 23.7 Å². The highest BCUT2D eigenvalue weighted by molar-refractivity contribution is 6.30. The molecule has 0 saturated carbocycles. The van der Waals surface area contributed by atoms with E-state index in [2.05, 4.69) is 6.07 Å². The highest BCUT2D eigenvalue weighted by Gasteiger charge is 2.32. The molecule has 4 rings (SSSR count). The Morgan fingerprint density at radius 1 is 1.00 bits per heavy atom. The van der Waals surface area contributed by atoms with Gasteiger partial charge in [-0.3, -0.25) is 14.6 Å². The molecule has 2 aliphatic rings. The first-order valence-corrected chi connectivity index (χ1v) is 11.2. The monoisotopic (exact) mass is 425 g/mol. The maximum atomic E-state index is 13.1. The second-order valence-electron chi connectivity index (χ2n) is 8.36. The van der Waals surface area contributed by atoms with Crippen LogP contribution in [0.3, 0.4) is 0 Å². The van der Waals surface area contributed by atoms with Gasteiger partial charge in [-0.25, -0.2) is 0 Å². The molecule has 2 saturated heterocycles. The molecule has 5 nitrogen and oxygen atoms in total. The van der Waals surface area contributed by atoms with Gasteiger partial charge in [-0.15, -0.1) is 0 Å². The second-order valence-corrected chi connectivity index (χ2v) is 8.80. The summed E-state index contributed by atoms with van der Waals surface area (Å²) in [6, 6.07) is 13.9. The maximum absolute atomic E-state index is 13.1. The topological polar surface area (TPSA) is 53.5 Å². The number of nitrogens with zero attached hydrogens (tertiary/aromatic N) is 3. The second kappa shape index (κ2) is 9.17. The van der Waals surface area contributed by atoms with Crippen molar-refractivity contribution >= 4 is 23.4 Å². The zero-order valence-electron chi connectivity index (χ0n) is 17.4. The minimum Gasteiger partial charge on any atom is -0.343 e. The number of benzene rings is 1. The van der Waals surface area contributed by atoms with E-state index in [0.717, 1.165) is 55.7 Å². The Balaban J connectivity index is 1.44. The number of rotatable bonds is 3. The molecule has 3 heterocycles. The van der Waals surface area contributed by atoms with E-state index < -0.39 is 0 Å². The standard InChI is InChI=1S/C24H28ClN3O2/c1-17(29)27-13-10-18(11-14-27)24(30)28-12-4-6-20(16-28)23-9-3-8-22(26-23)19-5-2-7-21(25)15-19/h2-3,5,7-9,15,18,20H,4,6,10-14,16H2,1H3. The van der Waals surface area contributed by atoms with Crippen LogP contribution in [0.25, 0.3) is 11.3 Å². The van der Waals surface area contributed by atoms with Gasteiger partial charge in [-0.1, -0.05) is 29.8 Å². The summed E-state index contributed by atoms with van der Waals surface area (Å²) in [5.41, 5.74) is 2.96. The number of carbonyl (C=O) groups is 2. The zero-order chi connectivity index (χ0) is 21.1. The Hall–Kier alpha value is -2.40. The lowest BCUT2D eigenvalue weighted by molar-refractivity contribution is -0.141. The molecule has 30 heavy (non-hydrogen) atoms. The fourth-order valence-electron chi connectivity index (χ4n) is 4.61. The lowest BCUT2D eigenvalue weighted by atomic mass is 9.90. The lowest BCUT2D eigenvalue weighted by Crippen LogP contribution is -2.46. The molecule has 0 radical (unpaired) electrons. The summed E-state index contributed by atoms with van der Waals surface area (Å²) >= 11 is 6.14. The van der Waals surface area contributed by atoms with Crippen LogP contribution >= 0.6 is 11.6 Å². The molecular formula is C24H28ClN3O2. The fraction of sp³-hybridized carbons (Fsp3) is 0.458. The van der Waals surface area contributed by atoms with Crippen LogP contribution in [0.4, 0.5) is 0 Å². The number of pyridine rings is 1. The molecule has 158 valence electrons. The van der Waals surface area contributed by atoms with Gasteiger partial charge >= 0.3 is 0 Å². The predicted octanol–water partition coefficient (Wildman–Crippen LogP) is 4.37. The van der Waals surface area contributed by atoms with Gasteiger partial charge in [0.05, 0.1) is 5.69 Å². The average molecular weight is 426 g/mol.